The fraction of sp³-hybridized carbons (Fsp3) is 0.600. The SMILES string of the molecule is COc1cc2[nH]c3c(c2cc1OC)CCN1[C@H]3CCN2CCCC[C@@H]21. The van der Waals surface area contributed by atoms with Gasteiger partial charge in [0.2, 0.25) is 0 Å². The van der Waals surface area contributed by atoms with Gasteiger partial charge in [-0.2, -0.15) is 0 Å². The lowest BCUT2D eigenvalue weighted by Gasteiger charge is -2.52. The van der Waals surface area contributed by atoms with E-state index in [0.717, 1.165) is 17.9 Å². The molecule has 5 rings (SSSR count). The Labute approximate surface area is 148 Å². The molecule has 1 aromatic carbocycles. The van der Waals surface area contributed by atoms with Gasteiger partial charge in [-0.05, 0) is 50.3 Å². The molecule has 0 bridgehead atoms. The number of aromatic amines is 1. The first-order valence-electron chi connectivity index (χ1n) is 9.56. The van der Waals surface area contributed by atoms with Crippen molar-refractivity contribution in [2.45, 2.75) is 44.3 Å². The number of fused-ring (bicyclic) bond motifs is 7. The lowest BCUT2D eigenvalue weighted by Crippen LogP contribution is -2.58. The number of hydrogen-bond donors (Lipinski definition) is 1. The summed E-state index contributed by atoms with van der Waals surface area (Å²) in [6, 6.07) is 4.77. The molecule has 25 heavy (non-hydrogen) atoms. The van der Waals surface area contributed by atoms with Crippen molar-refractivity contribution in [2.24, 2.45) is 0 Å². The summed E-state index contributed by atoms with van der Waals surface area (Å²) in [5.41, 5.74) is 4.10. The molecule has 5 heteroatoms. The number of piperidine rings is 1. The van der Waals surface area contributed by atoms with Crippen LogP contribution in [0.5, 0.6) is 11.5 Å². The van der Waals surface area contributed by atoms with E-state index in [-0.39, 0.29) is 0 Å². The summed E-state index contributed by atoms with van der Waals surface area (Å²) in [6.45, 7) is 3.68. The van der Waals surface area contributed by atoms with Crippen molar-refractivity contribution in [3.05, 3.63) is 23.4 Å². The molecule has 2 aromatic rings. The smallest absolute Gasteiger partial charge is 0.162 e. The van der Waals surface area contributed by atoms with E-state index in [0.29, 0.717) is 12.2 Å². The van der Waals surface area contributed by atoms with Gasteiger partial charge in [0, 0.05) is 35.8 Å². The zero-order valence-electron chi connectivity index (χ0n) is 15.2. The largest absolute Gasteiger partial charge is 0.493 e. The number of ether oxygens (including phenoxy) is 2. The van der Waals surface area contributed by atoms with Crippen LogP contribution in [0, 0.1) is 0 Å². The maximum atomic E-state index is 5.53. The van der Waals surface area contributed by atoms with Crippen molar-refractivity contribution < 1.29 is 9.47 Å². The van der Waals surface area contributed by atoms with E-state index in [4.69, 9.17) is 9.47 Å². The normalized spacial score (nSPS) is 26.8. The molecule has 2 fully saturated rings. The minimum atomic E-state index is 0.535. The van der Waals surface area contributed by atoms with Crippen LogP contribution in [0.3, 0.4) is 0 Å². The minimum Gasteiger partial charge on any atom is -0.493 e. The number of aromatic nitrogens is 1. The molecule has 0 aliphatic carbocycles. The number of rotatable bonds is 2. The van der Waals surface area contributed by atoms with Gasteiger partial charge in [0.15, 0.2) is 11.5 Å². The zero-order valence-corrected chi connectivity index (χ0v) is 15.2. The molecular weight excluding hydrogens is 314 g/mol. The molecule has 2 saturated heterocycles. The van der Waals surface area contributed by atoms with Gasteiger partial charge in [0.25, 0.3) is 0 Å². The molecule has 2 atom stereocenters. The standard InChI is InChI=1S/C20H27N3O2/c1-24-17-11-14-13-6-10-23-16(7-9-22-8-4-3-5-19(22)23)20(13)21-15(14)12-18(17)25-2/h11-12,16,19,21H,3-10H2,1-2H3/t16-,19-/m0/s1. The van der Waals surface area contributed by atoms with Gasteiger partial charge in [0.1, 0.15) is 0 Å². The number of benzene rings is 1. The third-order valence-electron chi connectivity index (χ3n) is 6.45. The van der Waals surface area contributed by atoms with Gasteiger partial charge in [-0.25, -0.2) is 0 Å². The third-order valence-corrected chi connectivity index (χ3v) is 6.45. The molecule has 0 unspecified atom stereocenters. The Morgan fingerprint density at radius 3 is 2.68 bits per heavy atom. The number of nitrogens with one attached hydrogen (secondary N) is 1. The van der Waals surface area contributed by atoms with Gasteiger partial charge >= 0.3 is 0 Å². The third kappa shape index (κ3) is 2.29. The highest BCUT2D eigenvalue weighted by molar-refractivity contribution is 5.88. The molecule has 0 amide bonds. The van der Waals surface area contributed by atoms with Crippen molar-refractivity contribution in [2.75, 3.05) is 33.9 Å². The van der Waals surface area contributed by atoms with Gasteiger partial charge in [-0.15, -0.1) is 0 Å². The van der Waals surface area contributed by atoms with E-state index in [9.17, 15) is 0 Å². The van der Waals surface area contributed by atoms with Crippen LogP contribution in [-0.2, 0) is 6.42 Å². The second-order valence-corrected chi connectivity index (χ2v) is 7.57. The van der Waals surface area contributed by atoms with Gasteiger partial charge in [0.05, 0.1) is 26.4 Å². The van der Waals surface area contributed by atoms with Crippen LogP contribution >= 0.6 is 0 Å². The topological polar surface area (TPSA) is 40.7 Å². The molecule has 1 aromatic heterocycles. The van der Waals surface area contributed by atoms with Crippen LogP contribution in [0.1, 0.15) is 43.0 Å². The highest BCUT2D eigenvalue weighted by atomic mass is 16.5. The van der Waals surface area contributed by atoms with Crippen molar-refractivity contribution in [3.63, 3.8) is 0 Å². The minimum absolute atomic E-state index is 0.535. The Hall–Kier alpha value is -1.72. The molecule has 0 saturated carbocycles. The van der Waals surface area contributed by atoms with Crippen molar-refractivity contribution >= 4 is 10.9 Å². The maximum absolute atomic E-state index is 5.53. The predicted octanol–water partition coefficient (Wildman–Crippen LogP) is 3.30. The summed E-state index contributed by atoms with van der Waals surface area (Å²) in [5, 5.41) is 1.30. The van der Waals surface area contributed by atoms with Gasteiger partial charge in [-0.3, -0.25) is 9.80 Å². The summed E-state index contributed by atoms with van der Waals surface area (Å²) in [5.74, 6) is 1.62. The molecule has 0 radical (unpaired) electrons. The monoisotopic (exact) mass is 341 g/mol. The maximum Gasteiger partial charge on any atom is 0.162 e. The average Bonchev–Trinajstić information content (AvgIpc) is 3.04. The number of hydrogen-bond acceptors (Lipinski definition) is 4. The molecular formula is C20H27N3O2. The van der Waals surface area contributed by atoms with E-state index in [1.54, 1.807) is 14.2 Å². The van der Waals surface area contributed by atoms with E-state index in [2.05, 4.69) is 26.9 Å². The first-order chi connectivity index (χ1) is 12.3. The number of nitrogens with zero attached hydrogens (tertiary/aromatic N) is 2. The average molecular weight is 341 g/mol. The molecule has 1 N–H and O–H groups in total. The van der Waals surface area contributed by atoms with Crippen molar-refractivity contribution in [1.82, 2.24) is 14.8 Å². The molecule has 5 nitrogen and oxygen atoms in total. The first kappa shape index (κ1) is 15.5. The Bertz CT molecular complexity index is 800. The summed E-state index contributed by atoms with van der Waals surface area (Å²) in [7, 11) is 3.41. The summed E-state index contributed by atoms with van der Waals surface area (Å²) in [4.78, 5) is 9.21. The number of methoxy groups -OCH3 is 2. The predicted molar refractivity (Wildman–Crippen MR) is 98.4 cm³/mol. The second kappa shape index (κ2) is 5.92. The lowest BCUT2D eigenvalue weighted by molar-refractivity contribution is -0.0599. The Balaban J connectivity index is 1.57. The highest BCUT2D eigenvalue weighted by Crippen LogP contribution is 2.44. The Morgan fingerprint density at radius 1 is 1.00 bits per heavy atom. The summed E-state index contributed by atoms with van der Waals surface area (Å²) >= 11 is 0. The fourth-order valence-corrected chi connectivity index (χ4v) is 5.28. The van der Waals surface area contributed by atoms with Crippen molar-refractivity contribution in [1.29, 1.82) is 0 Å². The van der Waals surface area contributed by atoms with Gasteiger partial charge in [-0.1, -0.05) is 0 Å². The van der Waals surface area contributed by atoms with Gasteiger partial charge < -0.3 is 14.5 Å². The van der Waals surface area contributed by atoms with Crippen LogP contribution in [0.15, 0.2) is 12.1 Å². The quantitative estimate of drug-likeness (QED) is 0.910. The zero-order chi connectivity index (χ0) is 17.0. The Kier molecular flexibility index (Phi) is 3.68. The van der Waals surface area contributed by atoms with Crippen LogP contribution in [0.25, 0.3) is 10.9 Å². The molecule has 3 aliphatic heterocycles. The summed E-state index contributed by atoms with van der Waals surface area (Å²) < 4.78 is 11.0. The van der Waals surface area contributed by atoms with Crippen LogP contribution in [0.2, 0.25) is 0 Å². The molecule has 4 heterocycles. The van der Waals surface area contributed by atoms with Crippen molar-refractivity contribution in [3.8, 4) is 11.5 Å². The molecule has 0 spiro atoms. The molecule has 3 aliphatic rings. The fourth-order valence-electron chi connectivity index (χ4n) is 5.28. The summed E-state index contributed by atoms with van der Waals surface area (Å²) in [6.07, 6.45) is 7.06. The Morgan fingerprint density at radius 2 is 1.84 bits per heavy atom. The lowest BCUT2D eigenvalue weighted by atomic mass is 9.90. The van der Waals surface area contributed by atoms with E-state index in [1.165, 1.54) is 67.5 Å². The van der Waals surface area contributed by atoms with E-state index >= 15 is 0 Å². The van der Waals surface area contributed by atoms with Crippen LogP contribution in [0.4, 0.5) is 0 Å². The molecule has 134 valence electrons. The first-order valence-corrected chi connectivity index (χ1v) is 9.56. The van der Waals surface area contributed by atoms with Crippen LogP contribution < -0.4 is 9.47 Å². The van der Waals surface area contributed by atoms with Crippen LogP contribution in [-0.4, -0.2) is 54.8 Å². The number of H-pyrrole nitrogens is 1. The second-order valence-electron chi connectivity index (χ2n) is 7.57. The van der Waals surface area contributed by atoms with E-state index < -0.39 is 0 Å². The van der Waals surface area contributed by atoms with E-state index in [1.807, 2.05) is 0 Å². The highest BCUT2D eigenvalue weighted by Gasteiger charge is 2.41.